The third kappa shape index (κ3) is 9.46. The number of nitrogens with one attached hydrogen (secondary N) is 2. The van der Waals surface area contributed by atoms with Crippen LogP contribution in [0, 0.1) is 29.4 Å². The molecule has 382 valence electrons. The van der Waals surface area contributed by atoms with E-state index in [1.54, 1.807) is 6.92 Å². The van der Waals surface area contributed by atoms with Gasteiger partial charge in [-0.3, -0.25) is 18.9 Å². The Morgan fingerprint density at radius 3 is 2.07 bits per heavy atom. The highest BCUT2D eigenvalue weighted by Crippen LogP contribution is 2.56. The van der Waals surface area contributed by atoms with Crippen LogP contribution in [0.4, 0.5) is 49.7 Å². The summed E-state index contributed by atoms with van der Waals surface area (Å²) < 4.78 is 201. The van der Waals surface area contributed by atoms with Gasteiger partial charge in [0.2, 0.25) is 15.9 Å². The number of pyridine rings is 1. The Hall–Kier alpha value is -5.41. The van der Waals surface area contributed by atoms with Gasteiger partial charge in [-0.1, -0.05) is 37.4 Å². The van der Waals surface area contributed by atoms with Gasteiger partial charge in [-0.15, -0.1) is 0 Å². The number of rotatable bonds is 13. The molecule has 12 nitrogen and oxygen atoms in total. The summed E-state index contributed by atoms with van der Waals surface area (Å²) in [5, 5.41) is 9.33. The van der Waals surface area contributed by atoms with Crippen molar-refractivity contribution in [1.29, 1.82) is 0 Å². The van der Waals surface area contributed by atoms with E-state index in [1.165, 1.54) is 45.0 Å². The van der Waals surface area contributed by atoms with Gasteiger partial charge < -0.3 is 5.32 Å². The minimum absolute atomic E-state index is 0.183. The van der Waals surface area contributed by atoms with E-state index in [2.05, 4.69) is 37.1 Å². The molecule has 0 spiro atoms. The maximum absolute atomic E-state index is 15.8. The van der Waals surface area contributed by atoms with Gasteiger partial charge in [0.05, 0.1) is 37.2 Å². The fourth-order valence-corrected chi connectivity index (χ4v) is 12.4. The molecule has 0 radical (unpaired) electrons. The number of fused-ring (bicyclic) bond motifs is 2. The molecule has 8 rings (SSSR count). The number of carbonyl (C=O) groups is 1. The number of hydrogen-bond donors (Lipinski definition) is 2. The zero-order valence-corrected chi connectivity index (χ0v) is 40.9. The van der Waals surface area contributed by atoms with E-state index < -0.39 is 136 Å². The molecular weight excluding hydrogens is 1020 g/mol. The Balaban J connectivity index is 1.34. The van der Waals surface area contributed by atoms with Crippen molar-refractivity contribution in [2.45, 2.75) is 131 Å². The summed E-state index contributed by atoms with van der Waals surface area (Å²) in [5.74, 6) is -5.60. The van der Waals surface area contributed by atoms with E-state index in [4.69, 9.17) is 11.6 Å². The van der Waals surface area contributed by atoms with Crippen LogP contribution in [0.5, 0.6) is 0 Å². The third-order valence-corrected chi connectivity index (χ3v) is 19.3. The molecular formula is C46H44ClF10N7O5S2. The molecule has 1 amide bonds. The Morgan fingerprint density at radius 2 is 1.49 bits per heavy atom. The van der Waals surface area contributed by atoms with Crippen LogP contribution >= 0.6 is 11.6 Å². The lowest BCUT2D eigenvalue weighted by Gasteiger charge is -2.24. The van der Waals surface area contributed by atoms with Gasteiger partial charge in [0.1, 0.15) is 40.9 Å². The first-order chi connectivity index (χ1) is 32.6. The monoisotopic (exact) mass is 1060 g/mol. The molecule has 3 aromatic heterocycles. The van der Waals surface area contributed by atoms with Crippen molar-refractivity contribution in [2.75, 3.05) is 4.72 Å². The molecule has 3 aliphatic carbocycles. The van der Waals surface area contributed by atoms with Crippen molar-refractivity contribution in [3.63, 3.8) is 0 Å². The van der Waals surface area contributed by atoms with E-state index >= 15 is 8.78 Å². The van der Waals surface area contributed by atoms with Crippen LogP contribution in [-0.2, 0) is 56.3 Å². The summed E-state index contributed by atoms with van der Waals surface area (Å²) >= 11 is 6.63. The predicted molar refractivity (Wildman–Crippen MR) is 241 cm³/mol. The molecule has 3 heterocycles. The fraction of sp³-hybridized carbons (Fsp3) is 0.478. The molecule has 2 fully saturated rings. The second kappa shape index (κ2) is 17.1. The first-order valence-corrected chi connectivity index (χ1v) is 25.3. The van der Waals surface area contributed by atoms with E-state index in [1.807, 2.05) is 0 Å². The number of sulfonamides is 1. The number of anilines is 1. The molecule has 0 saturated heterocycles. The van der Waals surface area contributed by atoms with Crippen LogP contribution in [0.3, 0.4) is 0 Å². The first kappa shape index (κ1) is 51.9. The smallest absolute Gasteiger partial charge is 0.346 e. The molecule has 3 atom stereocenters. The lowest BCUT2D eigenvalue weighted by molar-refractivity contribution is -0.143. The molecule has 0 aliphatic heterocycles. The number of sulfone groups is 1. The van der Waals surface area contributed by atoms with E-state index in [-0.39, 0.29) is 56.0 Å². The normalized spacial score (nSPS) is 19.7. The summed E-state index contributed by atoms with van der Waals surface area (Å²) in [6.07, 6.45) is -9.67. The molecule has 2 N–H and O–H groups in total. The lowest BCUT2D eigenvalue weighted by Crippen LogP contribution is -2.38. The highest BCUT2D eigenvalue weighted by molar-refractivity contribution is 7.94. The maximum atomic E-state index is 15.8. The lowest BCUT2D eigenvalue weighted by atomic mass is 9.93. The Morgan fingerprint density at radius 1 is 0.887 bits per heavy atom. The summed E-state index contributed by atoms with van der Waals surface area (Å²) in [6.45, 7) is 4.79. The first-order valence-electron chi connectivity index (χ1n) is 22.0. The van der Waals surface area contributed by atoms with Gasteiger partial charge in [-0.05, 0) is 108 Å². The zero-order valence-electron chi connectivity index (χ0n) is 38.5. The molecule has 3 aliphatic rings. The number of halogens is 11. The summed E-state index contributed by atoms with van der Waals surface area (Å²) in [5.41, 5.74) is -5.23. The van der Waals surface area contributed by atoms with Gasteiger partial charge in [0, 0.05) is 28.7 Å². The zero-order chi connectivity index (χ0) is 52.4. The topological polar surface area (TPSA) is 158 Å². The van der Waals surface area contributed by atoms with Gasteiger partial charge in [0.25, 0.3) is 5.92 Å². The van der Waals surface area contributed by atoms with Crippen molar-refractivity contribution < 1.29 is 65.5 Å². The number of alkyl halides is 8. The molecule has 0 bridgehead atoms. The SMILES string of the molecule is CC1[C@H](C)c2c(C(F)(F)F)nn(CC(=O)N[C@@H](Cc3cc(F)cc(F)c3)c3nc(C#CC(C)(C)S(=O)(=O)C4(C)CC4)ccc3-c3ccc(Cl)c4c(NS(=O)(=O)C5(C)CC5)nn(CC(F)(F)F)c34)c2C1(F)F. The number of aromatic nitrogens is 5. The quantitative estimate of drug-likeness (QED) is 0.0872. The third-order valence-electron chi connectivity index (χ3n) is 13.7. The maximum Gasteiger partial charge on any atom is 0.435 e. The largest absolute Gasteiger partial charge is 0.435 e. The van der Waals surface area contributed by atoms with Crippen LogP contribution < -0.4 is 10.0 Å². The number of carbonyl (C=O) groups excluding carboxylic acids is 1. The van der Waals surface area contributed by atoms with Gasteiger partial charge in [-0.2, -0.15) is 45.3 Å². The summed E-state index contributed by atoms with van der Waals surface area (Å²) in [7, 11) is -8.21. The number of hydrogen-bond acceptors (Lipinski definition) is 8. The van der Waals surface area contributed by atoms with Crippen LogP contribution in [0.1, 0.15) is 113 Å². The van der Waals surface area contributed by atoms with Crippen LogP contribution in [0.15, 0.2) is 42.5 Å². The molecule has 25 heteroatoms. The number of nitrogens with zero attached hydrogens (tertiary/aromatic N) is 5. The minimum Gasteiger partial charge on any atom is -0.346 e. The molecule has 2 saturated carbocycles. The average Bonchev–Trinajstić information content (AvgIpc) is 4.10. The molecule has 71 heavy (non-hydrogen) atoms. The highest BCUT2D eigenvalue weighted by Gasteiger charge is 2.58. The second-order valence-corrected chi connectivity index (χ2v) is 25.0. The number of amides is 1. The molecule has 5 aromatic rings. The van der Waals surface area contributed by atoms with Gasteiger partial charge >= 0.3 is 12.4 Å². The minimum atomic E-state index is -5.23. The second-order valence-electron chi connectivity index (χ2n) is 19.4. The van der Waals surface area contributed by atoms with Crippen LogP contribution in [-0.4, -0.2) is 67.7 Å². The van der Waals surface area contributed by atoms with Crippen molar-refractivity contribution >= 4 is 54.1 Å². The highest BCUT2D eigenvalue weighted by atomic mass is 35.5. The van der Waals surface area contributed by atoms with Gasteiger partial charge in [-0.25, -0.2) is 30.6 Å². The summed E-state index contributed by atoms with van der Waals surface area (Å²) in [6, 6.07) is 5.43. The number of benzene rings is 2. The average molecular weight is 1060 g/mol. The fourth-order valence-electron chi connectivity index (χ4n) is 8.85. The van der Waals surface area contributed by atoms with Crippen molar-refractivity contribution in [1.82, 2.24) is 29.9 Å². The van der Waals surface area contributed by atoms with Crippen LogP contribution in [0.2, 0.25) is 5.02 Å². The standard InChI is InChI=1S/C46H44ClF10N7O5S2/c1-23-24(2)45(53,54)39-34(23)38(46(55,56)57)60-63(39)21-33(65)59-32(19-25-17-26(48)20-27(49)18-25)36-29(8-7-28(58-36)11-12-41(3,4)70(66,67)42(5)13-14-42)30-9-10-31(47)35-37(30)64(22-44(50,51)52)61-40(35)62-71(68,69)43(6)15-16-43/h7-10,17-18,20,23-24,32H,13-16,19,21-22H2,1-6H3,(H,59,65)(H,61,62)/t23-,24?,32-/m0/s1. The van der Waals surface area contributed by atoms with Gasteiger partial charge in [0.15, 0.2) is 21.3 Å². The molecule has 1 unspecified atom stereocenters. The predicted octanol–water partition coefficient (Wildman–Crippen LogP) is 10.1. The van der Waals surface area contributed by atoms with Crippen molar-refractivity contribution in [3.05, 3.63) is 93.0 Å². The summed E-state index contributed by atoms with van der Waals surface area (Å²) in [4.78, 5) is 18.9. The molecule has 2 aromatic carbocycles. The Kier molecular flexibility index (Phi) is 12.5. The van der Waals surface area contributed by atoms with E-state index in [0.717, 1.165) is 26.0 Å². The Bertz CT molecular complexity index is 3300. The Labute approximate surface area is 405 Å². The van der Waals surface area contributed by atoms with Crippen molar-refractivity contribution in [2.24, 2.45) is 5.92 Å². The van der Waals surface area contributed by atoms with Crippen molar-refractivity contribution in [3.8, 4) is 23.0 Å². The van der Waals surface area contributed by atoms with E-state index in [9.17, 15) is 56.8 Å². The van der Waals surface area contributed by atoms with Crippen LogP contribution in [0.25, 0.3) is 22.0 Å². The van der Waals surface area contributed by atoms with E-state index in [0.29, 0.717) is 23.6 Å².